The Kier molecular flexibility index (Phi) is 3.87. The van der Waals surface area contributed by atoms with Crippen LogP contribution in [0, 0.1) is 13.8 Å². The quantitative estimate of drug-likeness (QED) is 0.584. The lowest BCUT2D eigenvalue weighted by atomic mass is 9.95. The highest BCUT2D eigenvalue weighted by atomic mass is 16.5. The third-order valence-corrected chi connectivity index (χ3v) is 5.23. The maximum absolute atomic E-state index is 6.36. The highest BCUT2D eigenvalue weighted by molar-refractivity contribution is 5.76. The van der Waals surface area contributed by atoms with Gasteiger partial charge in [-0.25, -0.2) is 4.57 Å². The lowest BCUT2D eigenvalue weighted by Gasteiger charge is -2.18. The van der Waals surface area contributed by atoms with Crippen LogP contribution in [0.1, 0.15) is 30.5 Å². The van der Waals surface area contributed by atoms with Crippen LogP contribution in [0.2, 0.25) is 0 Å². The van der Waals surface area contributed by atoms with Crippen LogP contribution in [0.4, 0.5) is 0 Å². The molecule has 0 atom stereocenters. The van der Waals surface area contributed by atoms with Crippen LogP contribution in [-0.4, -0.2) is 5.60 Å². The summed E-state index contributed by atoms with van der Waals surface area (Å²) in [6, 6.07) is 17.6. The SMILES string of the molecule is Cc1ccc(-c2cc[n+](C)c(-c3c(C)ccc4c3OC(C)(C)C4)c2)cc1. The van der Waals surface area contributed by atoms with Gasteiger partial charge in [0.2, 0.25) is 5.69 Å². The second-order valence-electron chi connectivity index (χ2n) is 8.06. The van der Waals surface area contributed by atoms with Gasteiger partial charge in [0.1, 0.15) is 18.4 Å². The van der Waals surface area contributed by atoms with Crippen LogP contribution in [-0.2, 0) is 13.5 Å². The highest BCUT2D eigenvalue weighted by Gasteiger charge is 2.34. The highest BCUT2D eigenvalue weighted by Crippen LogP contribution is 2.43. The second-order valence-corrected chi connectivity index (χ2v) is 8.06. The van der Waals surface area contributed by atoms with Gasteiger partial charge < -0.3 is 4.74 Å². The molecule has 0 aliphatic carbocycles. The van der Waals surface area contributed by atoms with Crippen molar-refractivity contribution >= 4 is 0 Å². The number of aryl methyl sites for hydroxylation is 3. The molecule has 0 spiro atoms. The number of fused-ring (bicyclic) bond motifs is 1. The predicted molar refractivity (Wildman–Crippen MR) is 106 cm³/mol. The molecule has 4 rings (SSSR count). The Morgan fingerprint density at radius 1 is 0.923 bits per heavy atom. The summed E-state index contributed by atoms with van der Waals surface area (Å²) in [6.45, 7) is 8.61. The van der Waals surface area contributed by atoms with Gasteiger partial charge >= 0.3 is 0 Å². The molecular weight excluding hydrogens is 318 g/mol. The lowest BCUT2D eigenvalue weighted by molar-refractivity contribution is -0.660. The number of ether oxygens (including phenoxy) is 1. The molecule has 0 N–H and O–H groups in total. The van der Waals surface area contributed by atoms with Crippen LogP contribution < -0.4 is 9.30 Å². The molecule has 0 saturated carbocycles. The second kappa shape index (κ2) is 5.98. The fourth-order valence-corrected chi connectivity index (χ4v) is 3.81. The van der Waals surface area contributed by atoms with Gasteiger partial charge in [-0.1, -0.05) is 42.0 Å². The molecule has 1 aromatic heterocycles. The summed E-state index contributed by atoms with van der Waals surface area (Å²) in [7, 11) is 2.10. The Balaban J connectivity index is 1.89. The molecule has 26 heavy (non-hydrogen) atoms. The Hall–Kier alpha value is -2.61. The van der Waals surface area contributed by atoms with E-state index in [1.165, 1.54) is 39.1 Å². The van der Waals surface area contributed by atoms with E-state index in [9.17, 15) is 0 Å². The van der Waals surface area contributed by atoms with E-state index in [1.807, 2.05) is 0 Å². The molecule has 2 heteroatoms. The molecule has 0 bridgehead atoms. The normalized spacial score (nSPS) is 14.8. The first-order valence-electron chi connectivity index (χ1n) is 9.23. The first-order valence-corrected chi connectivity index (χ1v) is 9.23. The van der Waals surface area contributed by atoms with Crippen LogP contribution in [0.3, 0.4) is 0 Å². The third-order valence-electron chi connectivity index (χ3n) is 5.23. The van der Waals surface area contributed by atoms with Crippen molar-refractivity contribution < 1.29 is 9.30 Å². The zero-order chi connectivity index (χ0) is 18.5. The number of hydrogen-bond acceptors (Lipinski definition) is 1. The zero-order valence-corrected chi connectivity index (χ0v) is 16.3. The van der Waals surface area contributed by atoms with Crippen LogP contribution in [0.15, 0.2) is 54.7 Å². The smallest absolute Gasteiger partial charge is 0.216 e. The summed E-state index contributed by atoms with van der Waals surface area (Å²) >= 11 is 0. The molecule has 1 aliphatic rings. The van der Waals surface area contributed by atoms with Crippen molar-refractivity contribution in [2.75, 3.05) is 0 Å². The van der Waals surface area contributed by atoms with Gasteiger partial charge in [-0.3, -0.25) is 0 Å². The fourth-order valence-electron chi connectivity index (χ4n) is 3.81. The van der Waals surface area contributed by atoms with E-state index in [-0.39, 0.29) is 5.60 Å². The molecule has 1 aliphatic heterocycles. The molecule has 0 amide bonds. The Morgan fingerprint density at radius 3 is 2.38 bits per heavy atom. The molecule has 2 aromatic carbocycles. The van der Waals surface area contributed by atoms with E-state index in [1.54, 1.807) is 0 Å². The largest absolute Gasteiger partial charge is 0.486 e. The van der Waals surface area contributed by atoms with Crippen molar-refractivity contribution in [2.24, 2.45) is 7.05 Å². The maximum atomic E-state index is 6.36. The van der Waals surface area contributed by atoms with Gasteiger partial charge in [0, 0.05) is 18.6 Å². The van der Waals surface area contributed by atoms with Crippen molar-refractivity contribution in [2.45, 2.75) is 39.7 Å². The van der Waals surface area contributed by atoms with Gasteiger partial charge in [0.25, 0.3) is 0 Å². The Bertz CT molecular complexity index is 984. The Labute approximate surface area is 156 Å². The van der Waals surface area contributed by atoms with Crippen molar-refractivity contribution in [3.63, 3.8) is 0 Å². The Morgan fingerprint density at radius 2 is 1.65 bits per heavy atom. The van der Waals surface area contributed by atoms with E-state index in [0.717, 1.165) is 12.2 Å². The van der Waals surface area contributed by atoms with Gasteiger partial charge in [-0.05, 0) is 49.9 Å². The van der Waals surface area contributed by atoms with Gasteiger partial charge in [0.15, 0.2) is 6.20 Å². The summed E-state index contributed by atoms with van der Waals surface area (Å²) < 4.78 is 8.55. The number of nitrogens with zero attached hydrogens (tertiary/aromatic N) is 1. The minimum absolute atomic E-state index is 0.141. The van der Waals surface area contributed by atoms with Crippen LogP contribution >= 0.6 is 0 Å². The van der Waals surface area contributed by atoms with Crippen LogP contribution in [0.25, 0.3) is 22.4 Å². The van der Waals surface area contributed by atoms with Crippen LogP contribution in [0.5, 0.6) is 5.75 Å². The molecule has 2 heterocycles. The standard InChI is InChI=1S/C24H26NO/c1-16-6-9-18(10-7-16)19-12-13-25(5)21(14-19)22-17(2)8-11-20-15-24(3,4)26-23(20)22/h6-14H,15H2,1-5H3/q+1. The topological polar surface area (TPSA) is 13.1 Å². The molecule has 0 unspecified atom stereocenters. The zero-order valence-electron chi connectivity index (χ0n) is 16.3. The average molecular weight is 344 g/mol. The predicted octanol–water partition coefficient (Wildman–Crippen LogP) is 5.18. The third kappa shape index (κ3) is 2.90. The maximum Gasteiger partial charge on any atom is 0.216 e. The summed E-state index contributed by atoms with van der Waals surface area (Å²) in [5.41, 5.74) is 8.56. The molecule has 132 valence electrons. The van der Waals surface area contributed by atoms with E-state index in [2.05, 4.69) is 94.0 Å². The van der Waals surface area contributed by atoms with E-state index < -0.39 is 0 Å². The number of hydrogen-bond donors (Lipinski definition) is 0. The number of rotatable bonds is 2. The number of benzene rings is 2. The summed E-state index contributed by atoms with van der Waals surface area (Å²) in [6.07, 6.45) is 3.10. The summed E-state index contributed by atoms with van der Waals surface area (Å²) in [5.74, 6) is 1.05. The fraction of sp³-hybridized carbons (Fsp3) is 0.292. The van der Waals surface area contributed by atoms with Gasteiger partial charge in [0.05, 0.1) is 5.56 Å². The molecule has 0 saturated heterocycles. The first kappa shape index (κ1) is 16.8. The molecule has 3 aromatic rings. The molecular formula is C24H26NO+. The summed E-state index contributed by atoms with van der Waals surface area (Å²) in [4.78, 5) is 0. The number of aromatic nitrogens is 1. The van der Waals surface area contributed by atoms with Crippen molar-refractivity contribution in [1.29, 1.82) is 0 Å². The van der Waals surface area contributed by atoms with Gasteiger partial charge in [-0.2, -0.15) is 0 Å². The average Bonchev–Trinajstić information content (AvgIpc) is 2.91. The van der Waals surface area contributed by atoms with Crippen molar-refractivity contribution in [3.8, 4) is 28.1 Å². The van der Waals surface area contributed by atoms with E-state index >= 15 is 0 Å². The number of pyridine rings is 1. The molecule has 2 nitrogen and oxygen atoms in total. The molecule has 0 fully saturated rings. The van der Waals surface area contributed by atoms with E-state index in [0.29, 0.717) is 0 Å². The van der Waals surface area contributed by atoms with Crippen molar-refractivity contribution in [3.05, 3.63) is 71.4 Å². The van der Waals surface area contributed by atoms with E-state index in [4.69, 9.17) is 4.74 Å². The summed E-state index contributed by atoms with van der Waals surface area (Å²) in [5, 5.41) is 0. The lowest BCUT2D eigenvalue weighted by Crippen LogP contribution is -2.31. The minimum atomic E-state index is -0.141. The molecule has 0 radical (unpaired) electrons. The van der Waals surface area contributed by atoms with Gasteiger partial charge in [-0.15, -0.1) is 0 Å². The minimum Gasteiger partial charge on any atom is -0.486 e. The van der Waals surface area contributed by atoms with Crippen molar-refractivity contribution in [1.82, 2.24) is 0 Å². The monoisotopic (exact) mass is 344 g/mol. The first-order chi connectivity index (χ1) is 12.3.